The van der Waals surface area contributed by atoms with E-state index in [2.05, 4.69) is 10.2 Å². The van der Waals surface area contributed by atoms with Crippen molar-refractivity contribution in [2.45, 2.75) is 32.7 Å². The number of aliphatic carboxylic acids is 1. The molecule has 1 saturated heterocycles. The van der Waals surface area contributed by atoms with Gasteiger partial charge in [-0.2, -0.15) is 0 Å². The van der Waals surface area contributed by atoms with Gasteiger partial charge < -0.3 is 15.3 Å². The van der Waals surface area contributed by atoms with E-state index >= 15 is 0 Å². The van der Waals surface area contributed by atoms with Crippen LogP contribution in [0.4, 0.5) is 0 Å². The zero-order valence-corrected chi connectivity index (χ0v) is 10.6. The lowest BCUT2D eigenvalue weighted by Gasteiger charge is -2.30. The topological polar surface area (TPSA) is 69.6 Å². The second-order valence-corrected chi connectivity index (χ2v) is 4.63. The third-order valence-corrected chi connectivity index (χ3v) is 3.18. The molecule has 17 heavy (non-hydrogen) atoms. The second kappa shape index (κ2) is 5.82. The smallest absolute Gasteiger partial charge is 0.331 e. The third-order valence-electron chi connectivity index (χ3n) is 3.18. The number of nitrogens with one attached hydrogen (secondary N) is 1. The Balaban J connectivity index is 2.60. The minimum atomic E-state index is -1.04. The fraction of sp³-hybridized carbons (Fsp3) is 0.667. The fourth-order valence-corrected chi connectivity index (χ4v) is 1.91. The number of likely N-dealkylation sites (tertiary alicyclic amines) is 1. The van der Waals surface area contributed by atoms with Crippen molar-refractivity contribution in [3.05, 3.63) is 11.1 Å². The molecule has 2 N–H and O–H groups in total. The molecule has 0 bridgehead atoms. The van der Waals surface area contributed by atoms with Crippen molar-refractivity contribution in [3.63, 3.8) is 0 Å². The molecule has 1 aliphatic rings. The van der Waals surface area contributed by atoms with Crippen LogP contribution >= 0.6 is 0 Å². The summed E-state index contributed by atoms with van der Waals surface area (Å²) in [6, 6.07) is 0.123. The first kappa shape index (κ1) is 13.7. The lowest BCUT2D eigenvalue weighted by atomic mass is 10.0. The molecule has 0 aromatic carbocycles. The Hall–Kier alpha value is -1.36. The van der Waals surface area contributed by atoms with Gasteiger partial charge in [0.1, 0.15) is 0 Å². The Labute approximate surface area is 101 Å². The number of carbonyl (C=O) groups is 2. The predicted molar refractivity (Wildman–Crippen MR) is 64.7 cm³/mol. The highest BCUT2D eigenvalue weighted by molar-refractivity contribution is 6.01. The Morgan fingerprint density at radius 2 is 1.94 bits per heavy atom. The average Bonchev–Trinajstić information content (AvgIpc) is 2.26. The van der Waals surface area contributed by atoms with Crippen molar-refractivity contribution >= 4 is 11.9 Å². The van der Waals surface area contributed by atoms with E-state index in [-0.39, 0.29) is 23.1 Å². The molecule has 1 atom stereocenters. The van der Waals surface area contributed by atoms with Crippen LogP contribution in [0.3, 0.4) is 0 Å². The lowest BCUT2D eigenvalue weighted by Crippen LogP contribution is -2.46. The van der Waals surface area contributed by atoms with Gasteiger partial charge >= 0.3 is 5.97 Å². The van der Waals surface area contributed by atoms with E-state index in [1.165, 1.54) is 6.92 Å². The average molecular weight is 240 g/mol. The van der Waals surface area contributed by atoms with E-state index in [1.807, 2.05) is 7.05 Å². The maximum atomic E-state index is 11.8. The molecule has 96 valence electrons. The third kappa shape index (κ3) is 3.85. The summed E-state index contributed by atoms with van der Waals surface area (Å²) in [6.07, 6.45) is 2.01. The normalized spacial score (nSPS) is 22.9. The van der Waals surface area contributed by atoms with Crippen LogP contribution in [0.25, 0.3) is 0 Å². The number of hydrogen-bond donors (Lipinski definition) is 2. The molecule has 0 radical (unpaired) electrons. The van der Waals surface area contributed by atoms with Crippen LogP contribution in [0, 0.1) is 0 Å². The molecule has 0 spiro atoms. The highest BCUT2D eigenvalue weighted by atomic mass is 16.4. The molecule has 0 saturated carbocycles. The molecule has 1 rings (SSSR count). The number of hydrogen-bond acceptors (Lipinski definition) is 3. The van der Waals surface area contributed by atoms with Crippen molar-refractivity contribution in [3.8, 4) is 0 Å². The number of piperidine rings is 1. The van der Waals surface area contributed by atoms with Crippen LogP contribution in [-0.2, 0) is 9.59 Å². The number of carboxylic acids is 1. The van der Waals surface area contributed by atoms with Gasteiger partial charge in [0.25, 0.3) is 0 Å². The number of nitrogens with zero attached hydrogens (tertiary/aromatic N) is 1. The van der Waals surface area contributed by atoms with Gasteiger partial charge in [-0.05, 0) is 40.3 Å². The molecular formula is C12H20N2O3. The lowest BCUT2D eigenvalue weighted by molar-refractivity contribution is -0.133. The van der Waals surface area contributed by atoms with Crippen molar-refractivity contribution < 1.29 is 14.7 Å². The molecule has 1 unspecified atom stereocenters. The quantitative estimate of drug-likeness (QED) is 0.709. The largest absolute Gasteiger partial charge is 0.478 e. The molecule has 1 aliphatic heterocycles. The summed E-state index contributed by atoms with van der Waals surface area (Å²) in [7, 11) is 2.02. The maximum absolute atomic E-state index is 11.8. The van der Waals surface area contributed by atoms with Crippen LogP contribution in [-0.4, -0.2) is 48.1 Å². The van der Waals surface area contributed by atoms with E-state index in [1.54, 1.807) is 6.92 Å². The fourth-order valence-electron chi connectivity index (χ4n) is 1.91. The molecule has 0 aromatic heterocycles. The van der Waals surface area contributed by atoms with Crippen LogP contribution in [0.1, 0.15) is 26.7 Å². The van der Waals surface area contributed by atoms with Gasteiger partial charge in [0, 0.05) is 23.7 Å². The summed E-state index contributed by atoms with van der Waals surface area (Å²) in [5, 5.41) is 11.7. The van der Waals surface area contributed by atoms with Crippen LogP contribution in [0.5, 0.6) is 0 Å². The standard InChI is InChI=1S/C12H20N2O3/c1-8(9(2)12(16)17)11(15)13-10-5-4-6-14(3)7-10/h10H,4-7H2,1-3H3,(H,13,15)(H,16,17)/b9-8-. The molecule has 5 nitrogen and oxygen atoms in total. The highest BCUT2D eigenvalue weighted by Gasteiger charge is 2.20. The second-order valence-electron chi connectivity index (χ2n) is 4.63. The van der Waals surface area contributed by atoms with E-state index < -0.39 is 5.97 Å². The van der Waals surface area contributed by atoms with Crippen LogP contribution < -0.4 is 5.32 Å². The number of carbonyl (C=O) groups excluding carboxylic acids is 1. The number of carboxylic acid groups (broad SMARTS) is 1. The maximum Gasteiger partial charge on any atom is 0.331 e. The molecule has 0 aromatic rings. The molecule has 1 amide bonds. The van der Waals surface area contributed by atoms with E-state index in [9.17, 15) is 9.59 Å². The minimum Gasteiger partial charge on any atom is -0.478 e. The van der Waals surface area contributed by atoms with Gasteiger partial charge in [0.05, 0.1) is 0 Å². The molecular weight excluding hydrogens is 220 g/mol. The molecule has 1 heterocycles. The SMILES string of the molecule is C/C(C(=O)O)=C(\C)C(=O)NC1CCCN(C)C1. The number of likely N-dealkylation sites (N-methyl/N-ethyl adjacent to an activating group) is 1. The summed E-state index contributed by atoms with van der Waals surface area (Å²) >= 11 is 0. The van der Waals surface area contributed by atoms with Crippen molar-refractivity contribution in [2.24, 2.45) is 0 Å². The van der Waals surface area contributed by atoms with E-state index in [4.69, 9.17) is 5.11 Å². The molecule has 1 fully saturated rings. The van der Waals surface area contributed by atoms with E-state index in [0.717, 1.165) is 25.9 Å². The van der Waals surface area contributed by atoms with Gasteiger partial charge in [-0.15, -0.1) is 0 Å². The summed E-state index contributed by atoms with van der Waals surface area (Å²) < 4.78 is 0. The minimum absolute atomic E-state index is 0.103. The predicted octanol–water partition coefficient (Wildman–Crippen LogP) is 0.618. The first-order valence-corrected chi connectivity index (χ1v) is 5.82. The highest BCUT2D eigenvalue weighted by Crippen LogP contribution is 2.10. The van der Waals surface area contributed by atoms with E-state index in [0.29, 0.717) is 0 Å². The summed E-state index contributed by atoms with van der Waals surface area (Å²) in [4.78, 5) is 24.7. The van der Waals surface area contributed by atoms with Gasteiger partial charge in [-0.25, -0.2) is 4.79 Å². The van der Waals surface area contributed by atoms with Crippen LogP contribution in [0.2, 0.25) is 0 Å². The zero-order chi connectivity index (χ0) is 13.0. The molecule has 0 aliphatic carbocycles. The monoisotopic (exact) mass is 240 g/mol. The Bertz CT molecular complexity index is 350. The number of amides is 1. The Morgan fingerprint density at radius 3 is 2.47 bits per heavy atom. The summed E-state index contributed by atoms with van der Waals surface area (Å²) in [5.74, 6) is -1.32. The van der Waals surface area contributed by atoms with Gasteiger partial charge in [-0.1, -0.05) is 0 Å². The van der Waals surface area contributed by atoms with Crippen LogP contribution in [0.15, 0.2) is 11.1 Å². The zero-order valence-electron chi connectivity index (χ0n) is 10.6. The first-order chi connectivity index (χ1) is 7.91. The Morgan fingerprint density at radius 1 is 1.29 bits per heavy atom. The van der Waals surface area contributed by atoms with Crippen molar-refractivity contribution in [2.75, 3.05) is 20.1 Å². The molecule has 5 heteroatoms. The Kier molecular flexibility index (Phi) is 4.69. The number of rotatable bonds is 3. The summed E-state index contributed by atoms with van der Waals surface area (Å²) in [6.45, 7) is 4.87. The first-order valence-electron chi connectivity index (χ1n) is 5.82. The van der Waals surface area contributed by atoms with Crippen molar-refractivity contribution in [1.82, 2.24) is 10.2 Å². The summed E-state index contributed by atoms with van der Waals surface area (Å²) in [5.41, 5.74) is 0.386. The van der Waals surface area contributed by atoms with Gasteiger partial charge in [0.15, 0.2) is 0 Å². The van der Waals surface area contributed by atoms with Gasteiger partial charge in [-0.3, -0.25) is 4.79 Å². The van der Waals surface area contributed by atoms with Gasteiger partial charge in [0.2, 0.25) is 5.91 Å². The van der Waals surface area contributed by atoms with Crippen molar-refractivity contribution in [1.29, 1.82) is 0 Å².